The average Bonchev–Trinajstić information content (AvgIpc) is 2.12. The van der Waals surface area contributed by atoms with Gasteiger partial charge in [-0.2, -0.15) is 0 Å². The maximum Gasteiger partial charge on any atom is 0.0927 e. The molecule has 1 saturated carbocycles. The van der Waals surface area contributed by atoms with E-state index in [2.05, 4.69) is 0 Å². The summed E-state index contributed by atoms with van der Waals surface area (Å²) < 4.78 is 0. The lowest BCUT2D eigenvalue weighted by Crippen LogP contribution is -2.49. The van der Waals surface area contributed by atoms with Gasteiger partial charge in [0, 0.05) is 0 Å². The Morgan fingerprint density at radius 2 is 1.42 bits per heavy atom. The van der Waals surface area contributed by atoms with Gasteiger partial charge in [-0.3, -0.25) is 0 Å². The molecule has 0 amide bonds. The minimum atomic E-state index is -0.947. The van der Waals surface area contributed by atoms with Crippen LogP contribution in [0.3, 0.4) is 0 Å². The van der Waals surface area contributed by atoms with Crippen molar-refractivity contribution in [2.45, 2.75) is 63.6 Å². The normalized spacial score (nSPS) is 25.0. The van der Waals surface area contributed by atoms with Gasteiger partial charge in [0.25, 0.3) is 0 Å². The third-order valence-electron chi connectivity index (χ3n) is 3.07. The van der Waals surface area contributed by atoms with Gasteiger partial charge in [0.1, 0.15) is 0 Å². The summed E-state index contributed by atoms with van der Waals surface area (Å²) in [5.74, 6) is 0. The highest BCUT2D eigenvalue weighted by Crippen LogP contribution is 2.35. The van der Waals surface area contributed by atoms with E-state index < -0.39 is 11.2 Å². The van der Waals surface area contributed by atoms with Gasteiger partial charge in [-0.15, -0.1) is 0 Å². The molecule has 0 radical (unpaired) electrons. The van der Waals surface area contributed by atoms with E-state index in [9.17, 15) is 10.2 Å². The largest absolute Gasteiger partial charge is 0.387 e. The van der Waals surface area contributed by atoms with Crippen LogP contribution < -0.4 is 0 Å². The summed E-state index contributed by atoms with van der Waals surface area (Å²) in [6.07, 6.45) is 5.96. The molecule has 0 aromatic carbocycles. The fourth-order valence-electron chi connectivity index (χ4n) is 1.93. The first-order valence-corrected chi connectivity index (χ1v) is 4.90. The first-order chi connectivity index (χ1) is 5.46. The average molecular weight is 172 g/mol. The predicted octanol–water partition coefficient (Wildman–Crippen LogP) is 1.84. The minimum Gasteiger partial charge on any atom is -0.387 e. The Morgan fingerprint density at radius 1 is 1.00 bits per heavy atom. The molecule has 1 rings (SSSR count). The summed E-state index contributed by atoms with van der Waals surface area (Å²) in [7, 11) is 0. The maximum atomic E-state index is 10.1. The zero-order valence-electron chi connectivity index (χ0n) is 8.14. The Morgan fingerprint density at radius 3 is 1.75 bits per heavy atom. The molecule has 0 saturated heterocycles. The summed E-state index contributed by atoms with van der Waals surface area (Å²) in [6.45, 7) is 3.41. The van der Waals surface area contributed by atoms with Gasteiger partial charge < -0.3 is 10.2 Å². The van der Waals surface area contributed by atoms with Crippen molar-refractivity contribution in [3.8, 4) is 0 Å². The van der Waals surface area contributed by atoms with Crippen LogP contribution in [0.15, 0.2) is 0 Å². The lowest BCUT2D eigenvalue weighted by molar-refractivity contribution is -0.138. The van der Waals surface area contributed by atoms with Gasteiger partial charge in [0.05, 0.1) is 11.2 Å². The molecular weight excluding hydrogens is 152 g/mol. The summed E-state index contributed by atoms with van der Waals surface area (Å²) in [5, 5.41) is 19.9. The van der Waals surface area contributed by atoms with E-state index >= 15 is 0 Å². The Bertz CT molecular complexity index is 138. The molecule has 12 heavy (non-hydrogen) atoms. The monoisotopic (exact) mass is 172 g/mol. The molecule has 1 aliphatic carbocycles. The molecule has 0 bridgehead atoms. The molecule has 1 aliphatic rings. The second-order valence-corrected chi connectivity index (χ2v) is 4.50. The lowest BCUT2D eigenvalue weighted by Gasteiger charge is -2.38. The van der Waals surface area contributed by atoms with Gasteiger partial charge in [0.15, 0.2) is 0 Å². The van der Waals surface area contributed by atoms with Crippen LogP contribution in [0.2, 0.25) is 0 Å². The zero-order chi connectivity index (χ0) is 9.24. The number of rotatable bonds is 1. The second-order valence-electron chi connectivity index (χ2n) is 4.50. The molecule has 0 aromatic heterocycles. The molecule has 0 heterocycles. The van der Waals surface area contributed by atoms with E-state index in [4.69, 9.17) is 0 Å². The van der Waals surface area contributed by atoms with E-state index in [0.717, 1.165) is 25.7 Å². The van der Waals surface area contributed by atoms with Crippen LogP contribution in [0.1, 0.15) is 52.4 Å². The Kier molecular flexibility index (Phi) is 2.79. The molecule has 2 heteroatoms. The topological polar surface area (TPSA) is 40.5 Å². The van der Waals surface area contributed by atoms with Gasteiger partial charge in [-0.1, -0.05) is 25.7 Å². The number of hydrogen-bond acceptors (Lipinski definition) is 2. The SMILES string of the molecule is CC(C)(O)C1(O)CCCCCC1. The van der Waals surface area contributed by atoms with E-state index in [1.807, 2.05) is 0 Å². The molecular formula is C10H20O2. The summed E-state index contributed by atoms with van der Waals surface area (Å²) in [6, 6.07) is 0. The molecule has 0 spiro atoms. The standard InChI is InChI=1S/C10H20O2/c1-9(2,11)10(12)7-5-3-4-6-8-10/h11-12H,3-8H2,1-2H3. The van der Waals surface area contributed by atoms with E-state index in [1.54, 1.807) is 13.8 Å². The van der Waals surface area contributed by atoms with Gasteiger partial charge in [-0.25, -0.2) is 0 Å². The third kappa shape index (κ3) is 1.99. The highest BCUT2D eigenvalue weighted by Gasteiger charge is 2.41. The zero-order valence-corrected chi connectivity index (χ0v) is 8.14. The van der Waals surface area contributed by atoms with Crippen molar-refractivity contribution >= 4 is 0 Å². The smallest absolute Gasteiger partial charge is 0.0927 e. The van der Waals surface area contributed by atoms with Crippen molar-refractivity contribution in [2.75, 3.05) is 0 Å². The van der Waals surface area contributed by atoms with Crippen molar-refractivity contribution in [3.05, 3.63) is 0 Å². The fraction of sp³-hybridized carbons (Fsp3) is 1.00. The maximum absolute atomic E-state index is 10.1. The van der Waals surface area contributed by atoms with Crippen molar-refractivity contribution in [3.63, 3.8) is 0 Å². The summed E-state index contributed by atoms with van der Waals surface area (Å²) in [5.41, 5.74) is -1.79. The molecule has 0 aromatic rings. The lowest BCUT2D eigenvalue weighted by atomic mass is 9.80. The second kappa shape index (κ2) is 3.35. The van der Waals surface area contributed by atoms with Crippen LogP contribution in [0.5, 0.6) is 0 Å². The summed E-state index contributed by atoms with van der Waals surface area (Å²) in [4.78, 5) is 0. The van der Waals surface area contributed by atoms with Crippen LogP contribution in [0.4, 0.5) is 0 Å². The fourth-order valence-corrected chi connectivity index (χ4v) is 1.93. The highest BCUT2D eigenvalue weighted by molar-refractivity contribution is 4.94. The third-order valence-corrected chi connectivity index (χ3v) is 3.07. The van der Waals surface area contributed by atoms with Crippen molar-refractivity contribution < 1.29 is 10.2 Å². The Balaban J connectivity index is 2.67. The van der Waals surface area contributed by atoms with Gasteiger partial charge in [0.2, 0.25) is 0 Å². The van der Waals surface area contributed by atoms with E-state index in [0.29, 0.717) is 0 Å². The molecule has 72 valence electrons. The molecule has 0 atom stereocenters. The van der Waals surface area contributed by atoms with E-state index in [-0.39, 0.29) is 0 Å². The molecule has 0 aliphatic heterocycles. The Hall–Kier alpha value is -0.0800. The first kappa shape index (κ1) is 10.0. The van der Waals surface area contributed by atoms with Crippen molar-refractivity contribution in [1.82, 2.24) is 0 Å². The van der Waals surface area contributed by atoms with Crippen LogP contribution in [-0.2, 0) is 0 Å². The summed E-state index contributed by atoms with van der Waals surface area (Å²) >= 11 is 0. The van der Waals surface area contributed by atoms with Crippen LogP contribution in [-0.4, -0.2) is 21.4 Å². The molecule has 2 nitrogen and oxygen atoms in total. The molecule has 0 unspecified atom stereocenters. The minimum absolute atomic E-state index is 0.747. The van der Waals surface area contributed by atoms with Gasteiger partial charge in [-0.05, 0) is 26.7 Å². The van der Waals surface area contributed by atoms with Crippen LogP contribution in [0, 0.1) is 0 Å². The quantitative estimate of drug-likeness (QED) is 0.592. The Labute approximate surface area is 74.6 Å². The van der Waals surface area contributed by atoms with E-state index in [1.165, 1.54) is 12.8 Å². The number of aliphatic hydroxyl groups is 2. The number of hydrogen-bond donors (Lipinski definition) is 2. The van der Waals surface area contributed by atoms with Crippen LogP contribution in [0.25, 0.3) is 0 Å². The highest BCUT2D eigenvalue weighted by atomic mass is 16.4. The van der Waals surface area contributed by atoms with Crippen molar-refractivity contribution in [1.29, 1.82) is 0 Å². The van der Waals surface area contributed by atoms with Crippen LogP contribution >= 0.6 is 0 Å². The molecule has 1 fully saturated rings. The first-order valence-electron chi connectivity index (χ1n) is 4.90. The molecule has 2 N–H and O–H groups in total. The van der Waals surface area contributed by atoms with Crippen molar-refractivity contribution in [2.24, 2.45) is 0 Å². The predicted molar refractivity (Wildman–Crippen MR) is 48.9 cm³/mol. The van der Waals surface area contributed by atoms with Gasteiger partial charge >= 0.3 is 0 Å².